The lowest BCUT2D eigenvalue weighted by Gasteiger charge is -2.27. The number of esters is 1. The van der Waals surface area contributed by atoms with Crippen LogP contribution in [0.25, 0.3) is 0 Å². The van der Waals surface area contributed by atoms with E-state index in [1.54, 1.807) is 25.3 Å². The number of aryl methyl sites for hydroxylation is 1. The Morgan fingerprint density at radius 3 is 2.05 bits per heavy atom. The summed E-state index contributed by atoms with van der Waals surface area (Å²) in [6.07, 6.45) is 8.96. The van der Waals surface area contributed by atoms with Crippen LogP contribution in [0.3, 0.4) is 0 Å². The lowest BCUT2D eigenvalue weighted by atomic mass is 10.0. The molecule has 0 spiro atoms. The van der Waals surface area contributed by atoms with Gasteiger partial charge in [0.05, 0.1) is 18.8 Å². The number of nitrogens with one attached hydrogen (secondary N) is 1. The third kappa shape index (κ3) is 17.4. The minimum Gasteiger partial charge on any atom is -0.465 e. The molecule has 0 aliphatic heterocycles. The van der Waals surface area contributed by atoms with Crippen molar-refractivity contribution in [3.63, 3.8) is 0 Å². The first-order valence-electron chi connectivity index (χ1n) is 13.1. The van der Waals surface area contributed by atoms with Gasteiger partial charge < -0.3 is 34.7 Å². The molecule has 0 unspecified atom stereocenters. The molecule has 0 aromatic carbocycles. The third-order valence-electron chi connectivity index (χ3n) is 5.65. The van der Waals surface area contributed by atoms with Crippen LogP contribution in [0.2, 0.25) is 0 Å². The largest absolute Gasteiger partial charge is 0.465 e. The summed E-state index contributed by atoms with van der Waals surface area (Å²) in [6, 6.07) is 7.34. The standard InChI is InChI=1S/C16H33NO5.C7H7NO2.C5H7N.CH4/c1-4-6-7-8-9-10-11-17-16(21)15(22-3)14(20)13(19)12(18)5-2;1-10-7(9)6-3-2-4-8-5-6;1-6-4-2-3-5-6;/h12-15,18-20H,4-11H2,1-3H3,(H,17,21);2-5H,1H3;2-5H,1H3;1H4/t12-,13-,14+,15-;;;/m1.../s1. The first-order valence-corrected chi connectivity index (χ1v) is 13.1. The van der Waals surface area contributed by atoms with E-state index in [0.29, 0.717) is 12.1 Å². The molecule has 2 heterocycles. The molecule has 4 N–H and O–H groups in total. The Kier molecular flexibility index (Phi) is 23.9. The number of rotatable bonds is 14. The molecule has 0 fully saturated rings. The average molecular weight is 554 g/mol. The summed E-state index contributed by atoms with van der Waals surface area (Å²) in [5.74, 6) is -0.820. The van der Waals surface area contributed by atoms with Gasteiger partial charge in [-0.1, -0.05) is 53.4 Å². The van der Waals surface area contributed by atoms with Crippen LogP contribution >= 0.6 is 0 Å². The van der Waals surface area contributed by atoms with Gasteiger partial charge in [-0.3, -0.25) is 9.78 Å². The van der Waals surface area contributed by atoms with Crippen LogP contribution in [0.5, 0.6) is 0 Å². The van der Waals surface area contributed by atoms with Crippen molar-refractivity contribution >= 4 is 11.9 Å². The smallest absolute Gasteiger partial charge is 0.339 e. The third-order valence-corrected chi connectivity index (χ3v) is 5.65. The number of aliphatic hydroxyl groups is 3. The molecule has 0 bridgehead atoms. The second kappa shape index (κ2) is 24.3. The molecule has 2 aromatic heterocycles. The predicted molar refractivity (Wildman–Crippen MR) is 153 cm³/mol. The fraction of sp³-hybridized carbons (Fsp3) is 0.621. The maximum absolute atomic E-state index is 12.0. The molecule has 2 aromatic rings. The average Bonchev–Trinajstić information content (AvgIpc) is 3.43. The Morgan fingerprint density at radius 2 is 1.59 bits per heavy atom. The number of aliphatic hydroxyl groups excluding tert-OH is 3. The monoisotopic (exact) mass is 553 g/mol. The summed E-state index contributed by atoms with van der Waals surface area (Å²) in [6.45, 7) is 4.37. The molecule has 39 heavy (non-hydrogen) atoms. The van der Waals surface area contributed by atoms with Crippen LogP contribution in [0, 0.1) is 0 Å². The highest BCUT2D eigenvalue weighted by molar-refractivity contribution is 5.88. The number of pyridine rings is 1. The molecule has 4 atom stereocenters. The quantitative estimate of drug-likeness (QED) is 0.206. The summed E-state index contributed by atoms with van der Waals surface area (Å²) < 4.78 is 11.4. The molecule has 0 radical (unpaired) electrons. The lowest BCUT2D eigenvalue weighted by molar-refractivity contribution is -0.151. The van der Waals surface area contributed by atoms with Crippen LogP contribution in [0.15, 0.2) is 49.1 Å². The van der Waals surface area contributed by atoms with Gasteiger partial charge in [-0.05, 0) is 37.1 Å². The van der Waals surface area contributed by atoms with E-state index in [4.69, 9.17) is 4.74 Å². The summed E-state index contributed by atoms with van der Waals surface area (Å²) in [7, 11) is 4.64. The Hall–Kier alpha value is -2.79. The van der Waals surface area contributed by atoms with E-state index in [9.17, 15) is 24.9 Å². The zero-order valence-corrected chi connectivity index (χ0v) is 23.5. The highest BCUT2D eigenvalue weighted by Crippen LogP contribution is 2.10. The van der Waals surface area contributed by atoms with Crippen molar-refractivity contribution in [3.8, 4) is 0 Å². The van der Waals surface area contributed by atoms with E-state index >= 15 is 0 Å². The van der Waals surface area contributed by atoms with E-state index in [1.807, 2.05) is 36.1 Å². The Labute approximate surface area is 234 Å². The maximum Gasteiger partial charge on any atom is 0.339 e. The lowest BCUT2D eigenvalue weighted by Crippen LogP contribution is -2.51. The molecule has 224 valence electrons. The van der Waals surface area contributed by atoms with Crippen molar-refractivity contribution in [2.75, 3.05) is 20.8 Å². The van der Waals surface area contributed by atoms with Gasteiger partial charge in [-0.2, -0.15) is 0 Å². The minimum atomic E-state index is -1.45. The van der Waals surface area contributed by atoms with Crippen molar-refractivity contribution in [1.29, 1.82) is 0 Å². The number of amides is 1. The maximum atomic E-state index is 12.0. The van der Waals surface area contributed by atoms with E-state index in [0.717, 1.165) is 19.3 Å². The zero-order valence-electron chi connectivity index (χ0n) is 23.5. The van der Waals surface area contributed by atoms with Crippen molar-refractivity contribution in [2.24, 2.45) is 7.05 Å². The van der Waals surface area contributed by atoms with Gasteiger partial charge in [0.25, 0.3) is 5.91 Å². The molecule has 10 nitrogen and oxygen atoms in total. The van der Waals surface area contributed by atoms with Crippen LogP contribution in [0.1, 0.15) is 76.6 Å². The number of aromatic nitrogens is 2. The van der Waals surface area contributed by atoms with Crippen LogP contribution in [-0.4, -0.2) is 81.9 Å². The van der Waals surface area contributed by atoms with Crippen LogP contribution in [0.4, 0.5) is 0 Å². The van der Waals surface area contributed by atoms with Gasteiger partial charge in [0.15, 0.2) is 6.10 Å². The molecular weight excluding hydrogens is 502 g/mol. The number of ether oxygens (including phenoxy) is 2. The minimum absolute atomic E-state index is 0. The van der Waals surface area contributed by atoms with E-state index in [1.165, 1.54) is 39.7 Å². The van der Waals surface area contributed by atoms with Gasteiger partial charge in [0.2, 0.25) is 0 Å². The van der Waals surface area contributed by atoms with Crippen molar-refractivity contribution < 1.29 is 34.4 Å². The molecule has 10 heteroatoms. The Bertz CT molecular complexity index is 835. The topological polar surface area (TPSA) is 143 Å². The number of hydrogen-bond donors (Lipinski definition) is 4. The SMILES string of the molecule is C.CCCCCCCCNC(=O)[C@H](OC)[C@@H](O)[C@H](O)[C@H](O)CC.COC(=O)c1cccnc1.Cn1cccc1. The van der Waals surface area contributed by atoms with Crippen LogP contribution < -0.4 is 5.32 Å². The van der Waals surface area contributed by atoms with Gasteiger partial charge in [-0.25, -0.2) is 4.79 Å². The number of methoxy groups -OCH3 is 2. The zero-order chi connectivity index (χ0) is 28.8. The molecule has 2 rings (SSSR count). The fourth-order valence-electron chi connectivity index (χ4n) is 3.29. The number of hydrogen-bond acceptors (Lipinski definition) is 8. The second-order valence-corrected chi connectivity index (χ2v) is 8.75. The van der Waals surface area contributed by atoms with Crippen molar-refractivity contribution in [2.45, 2.75) is 90.6 Å². The van der Waals surface area contributed by atoms with Crippen LogP contribution in [-0.2, 0) is 21.3 Å². The predicted octanol–water partition coefficient (Wildman–Crippen LogP) is 3.50. The van der Waals surface area contributed by atoms with Gasteiger partial charge in [0.1, 0.15) is 12.2 Å². The first-order chi connectivity index (χ1) is 18.2. The summed E-state index contributed by atoms with van der Waals surface area (Å²) in [5.41, 5.74) is 0.477. The first kappa shape index (κ1) is 38.4. The van der Waals surface area contributed by atoms with E-state index in [2.05, 4.69) is 22.0 Å². The fourth-order valence-corrected chi connectivity index (χ4v) is 3.29. The highest BCUT2D eigenvalue weighted by atomic mass is 16.5. The number of nitrogens with zero attached hydrogens (tertiary/aromatic N) is 2. The molecule has 0 saturated heterocycles. The Morgan fingerprint density at radius 1 is 0.974 bits per heavy atom. The number of carbonyl (C=O) groups is 2. The summed E-state index contributed by atoms with van der Waals surface area (Å²) in [4.78, 5) is 26.5. The Balaban J connectivity index is 0. The number of carbonyl (C=O) groups excluding carboxylic acids is 2. The highest BCUT2D eigenvalue weighted by Gasteiger charge is 2.35. The van der Waals surface area contributed by atoms with Gasteiger partial charge in [0, 0.05) is 45.5 Å². The molecule has 0 saturated carbocycles. The number of unbranched alkanes of at least 4 members (excludes halogenated alkanes) is 5. The normalized spacial score (nSPS) is 13.1. The van der Waals surface area contributed by atoms with E-state index < -0.39 is 30.3 Å². The van der Waals surface area contributed by atoms with Crippen molar-refractivity contribution in [3.05, 3.63) is 54.6 Å². The molecule has 0 aliphatic rings. The molecular formula is C29H51N3O7. The van der Waals surface area contributed by atoms with E-state index in [-0.39, 0.29) is 19.8 Å². The van der Waals surface area contributed by atoms with Crippen molar-refractivity contribution in [1.82, 2.24) is 14.9 Å². The van der Waals surface area contributed by atoms with Gasteiger partial charge in [-0.15, -0.1) is 0 Å². The summed E-state index contributed by atoms with van der Waals surface area (Å²) >= 11 is 0. The molecule has 0 aliphatic carbocycles. The molecule has 1 amide bonds. The van der Waals surface area contributed by atoms with Gasteiger partial charge >= 0.3 is 5.97 Å². The summed E-state index contributed by atoms with van der Waals surface area (Å²) in [5, 5.41) is 32.0. The second-order valence-electron chi connectivity index (χ2n) is 8.75.